The van der Waals surface area contributed by atoms with Crippen LogP contribution in [-0.2, 0) is 4.79 Å². The van der Waals surface area contributed by atoms with Crippen LogP contribution in [0.1, 0.15) is 6.42 Å². The number of alkyl halides is 1. The van der Waals surface area contributed by atoms with Gasteiger partial charge in [-0.25, -0.2) is 14.4 Å². The summed E-state index contributed by atoms with van der Waals surface area (Å²) in [5, 5.41) is 6.68. The van der Waals surface area contributed by atoms with Crippen molar-refractivity contribution in [2.75, 3.05) is 43.3 Å². The van der Waals surface area contributed by atoms with E-state index in [0.717, 1.165) is 31.3 Å². The number of anilines is 3. The summed E-state index contributed by atoms with van der Waals surface area (Å²) in [6.07, 6.45) is 5.35. The summed E-state index contributed by atoms with van der Waals surface area (Å²) in [4.78, 5) is 23.6. The second-order valence-corrected chi connectivity index (χ2v) is 9.95. The number of nitrogens with zero attached hydrogens (tertiary/aromatic N) is 3. The molecule has 2 atom stereocenters. The minimum absolute atomic E-state index is 0.000438. The minimum atomic E-state index is -0.506. The quantitative estimate of drug-likeness (QED) is 0.282. The topological polar surface area (TPSA) is 79.4 Å². The highest BCUT2D eigenvalue weighted by Gasteiger charge is 2.53. The molecular formula is C26H26Cl2FN5O2. The second-order valence-electron chi connectivity index (χ2n) is 9.24. The highest BCUT2D eigenvalue weighted by Crippen LogP contribution is 2.53. The van der Waals surface area contributed by atoms with Gasteiger partial charge in [0, 0.05) is 42.2 Å². The number of halogens is 3. The lowest BCUT2D eigenvalue weighted by molar-refractivity contribution is -0.111. The Hall–Kier alpha value is -2.94. The maximum atomic E-state index is 13.6. The van der Waals surface area contributed by atoms with Gasteiger partial charge in [0.2, 0.25) is 5.91 Å². The summed E-state index contributed by atoms with van der Waals surface area (Å²) >= 11 is 11.6. The van der Waals surface area contributed by atoms with Crippen LogP contribution >= 0.6 is 23.2 Å². The van der Waals surface area contributed by atoms with E-state index in [2.05, 4.69) is 32.5 Å². The van der Waals surface area contributed by atoms with E-state index in [1.165, 1.54) is 24.5 Å². The number of benzene rings is 2. The number of nitrogens with one attached hydrogen (secondary N) is 2. The molecule has 3 aromatic rings. The Bertz CT molecular complexity index is 1310. The largest absolute Gasteiger partial charge is 0.491 e. The molecule has 188 valence electrons. The molecule has 2 unspecified atom stereocenters. The summed E-state index contributed by atoms with van der Waals surface area (Å²) in [7, 11) is 2.16. The smallest absolute Gasteiger partial charge is 0.248 e. The molecule has 1 aliphatic carbocycles. The van der Waals surface area contributed by atoms with Gasteiger partial charge in [0.1, 0.15) is 23.7 Å². The lowest BCUT2D eigenvalue weighted by Crippen LogP contribution is -2.19. The molecule has 1 amide bonds. The highest BCUT2D eigenvalue weighted by atomic mass is 35.5. The average Bonchev–Trinajstić information content (AvgIpc) is 3.31. The van der Waals surface area contributed by atoms with E-state index in [4.69, 9.17) is 27.9 Å². The number of carbonyl (C=O) groups is 1. The van der Waals surface area contributed by atoms with Gasteiger partial charge in [0.25, 0.3) is 0 Å². The molecule has 2 aromatic carbocycles. The zero-order valence-electron chi connectivity index (χ0n) is 19.7. The number of piperidine rings is 1. The van der Waals surface area contributed by atoms with Crippen LogP contribution in [0.5, 0.6) is 5.75 Å². The highest BCUT2D eigenvalue weighted by molar-refractivity contribution is 6.31. The fraction of sp³-hybridized carbons (Fsp3) is 0.346. The lowest BCUT2D eigenvalue weighted by atomic mass is 10.1. The van der Waals surface area contributed by atoms with Crippen LogP contribution < -0.4 is 15.4 Å². The predicted octanol–water partition coefficient (Wildman–Crippen LogP) is 5.48. The molecule has 10 heteroatoms. The van der Waals surface area contributed by atoms with E-state index < -0.39 is 5.82 Å². The van der Waals surface area contributed by atoms with Crippen molar-refractivity contribution in [2.24, 2.45) is 17.8 Å². The van der Waals surface area contributed by atoms with Crippen LogP contribution in [0, 0.1) is 23.6 Å². The number of hydrogen-bond donors (Lipinski definition) is 2. The second kappa shape index (κ2) is 10.6. The number of carbonyl (C=O) groups excluding carboxylic acids is 1. The summed E-state index contributed by atoms with van der Waals surface area (Å²) < 4.78 is 19.7. The molecule has 1 aromatic heterocycles. The third kappa shape index (κ3) is 5.40. The number of fused-ring (bicyclic) bond motifs is 2. The first-order valence-corrected chi connectivity index (χ1v) is 12.7. The number of amides is 1. The Kier molecular flexibility index (Phi) is 7.27. The number of likely N-dealkylation sites (tertiary alicyclic amines) is 1. The Morgan fingerprint density at radius 3 is 2.81 bits per heavy atom. The SMILES string of the molecule is CN1CC2C(CCOc3cc4ncnc(Nc5ccc(F)c(Cl)c5)c4cc3NC(=O)/C=C/CCl)C2C1. The lowest BCUT2D eigenvalue weighted by Gasteiger charge is -2.16. The Balaban J connectivity index is 1.39. The molecule has 1 saturated carbocycles. The summed E-state index contributed by atoms with van der Waals surface area (Å²) in [6, 6.07) is 7.89. The molecule has 1 saturated heterocycles. The van der Waals surface area contributed by atoms with Crippen LogP contribution in [0.3, 0.4) is 0 Å². The van der Waals surface area contributed by atoms with E-state index in [-0.39, 0.29) is 16.8 Å². The van der Waals surface area contributed by atoms with Gasteiger partial charge in [-0.2, -0.15) is 0 Å². The maximum absolute atomic E-state index is 13.6. The average molecular weight is 530 g/mol. The van der Waals surface area contributed by atoms with Gasteiger partial charge >= 0.3 is 0 Å². The molecule has 0 bridgehead atoms. The number of allylic oxidation sites excluding steroid dienone is 1. The van der Waals surface area contributed by atoms with Crippen molar-refractivity contribution in [2.45, 2.75) is 6.42 Å². The third-order valence-corrected chi connectivity index (χ3v) is 7.27. The van der Waals surface area contributed by atoms with Crippen molar-refractivity contribution in [3.05, 3.63) is 59.7 Å². The Morgan fingerprint density at radius 2 is 2.06 bits per heavy atom. The first-order chi connectivity index (χ1) is 17.4. The molecule has 2 N–H and O–H groups in total. The molecular weight excluding hydrogens is 504 g/mol. The van der Waals surface area contributed by atoms with Crippen molar-refractivity contribution in [3.8, 4) is 5.75 Å². The van der Waals surface area contributed by atoms with E-state index in [1.54, 1.807) is 24.3 Å². The van der Waals surface area contributed by atoms with Crippen LogP contribution in [0.2, 0.25) is 5.02 Å². The van der Waals surface area contributed by atoms with Gasteiger partial charge in [-0.15, -0.1) is 11.6 Å². The number of rotatable bonds is 9. The van der Waals surface area contributed by atoms with Gasteiger partial charge in [0.15, 0.2) is 0 Å². The summed E-state index contributed by atoms with van der Waals surface area (Å²) in [5.41, 5.74) is 1.70. The van der Waals surface area contributed by atoms with Crippen molar-refractivity contribution in [1.82, 2.24) is 14.9 Å². The van der Waals surface area contributed by atoms with Gasteiger partial charge in [-0.3, -0.25) is 4.79 Å². The molecule has 0 radical (unpaired) electrons. The van der Waals surface area contributed by atoms with Gasteiger partial charge in [-0.1, -0.05) is 17.7 Å². The molecule has 7 nitrogen and oxygen atoms in total. The van der Waals surface area contributed by atoms with Crippen molar-refractivity contribution < 1.29 is 13.9 Å². The first-order valence-electron chi connectivity index (χ1n) is 11.8. The first kappa shape index (κ1) is 24.7. The van der Waals surface area contributed by atoms with Crippen molar-refractivity contribution in [3.63, 3.8) is 0 Å². The Labute approximate surface area is 218 Å². The number of hydrogen-bond acceptors (Lipinski definition) is 6. The van der Waals surface area contributed by atoms with Gasteiger partial charge in [-0.05, 0) is 55.5 Å². The third-order valence-electron chi connectivity index (χ3n) is 6.80. The van der Waals surface area contributed by atoms with Crippen molar-refractivity contribution in [1.29, 1.82) is 0 Å². The van der Waals surface area contributed by atoms with Crippen LogP contribution in [-0.4, -0.2) is 53.4 Å². The molecule has 2 aliphatic rings. The van der Waals surface area contributed by atoms with E-state index in [9.17, 15) is 9.18 Å². The zero-order chi connectivity index (χ0) is 25.2. The summed E-state index contributed by atoms with van der Waals surface area (Å²) in [5.74, 6) is 2.67. The maximum Gasteiger partial charge on any atom is 0.248 e. The predicted molar refractivity (Wildman–Crippen MR) is 141 cm³/mol. The zero-order valence-corrected chi connectivity index (χ0v) is 21.2. The van der Waals surface area contributed by atoms with Crippen LogP contribution in [0.25, 0.3) is 10.9 Å². The van der Waals surface area contributed by atoms with Crippen molar-refractivity contribution >= 4 is 57.2 Å². The van der Waals surface area contributed by atoms with E-state index >= 15 is 0 Å². The number of aromatic nitrogens is 2. The molecule has 1 aliphatic heterocycles. The van der Waals surface area contributed by atoms with E-state index in [0.29, 0.717) is 46.4 Å². The Morgan fingerprint density at radius 1 is 1.25 bits per heavy atom. The van der Waals surface area contributed by atoms with E-state index in [1.807, 2.05) is 0 Å². The standard InChI is InChI=1S/C26H26Cl2FN5O2/c1-34-12-18-16(19(18)13-34)6-8-36-24-11-22-17(10-23(24)33-25(35)3-2-7-27)26(31-14-30-22)32-15-4-5-21(29)20(28)9-15/h2-5,9-11,14,16,18-19H,6-8,12-13H2,1H3,(H,33,35)(H,30,31,32)/b3-2+. The molecule has 0 spiro atoms. The minimum Gasteiger partial charge on any atom is -0.491 e. The summed E-state index contributed by atoms with van der Waals surface area (Å²) in [6.45, 7) is 2.87. The van der Waals surface area contributed by atoms with Gasteiger partial charge in [0.05, 0.1) is 22.8 Å². The van der Waals surface area contributed by atoms with Crippen LogP contribution in [0.15, 0.2) is 48.8 Å². The fourth-order valence-electron chi connectivity index (χ4n) is 5.03. The van der Waals surface area contributed by atoms with Crippen LogP contribution in [0.4, 0.5) is 21.6 Å². The monoisotopic (exact) mass is 529 g/mol. The van der Waals surface area contributed by atoms with Gasteiger partial charge < -0.3 is 20.3 Å². The molecule has 36 heavy (non-hydrogen) atoms. The fourth-order valence-corrected chi connectivity index (χ4v) is 5.30. The normalized spacial score (nSPS) is 21.1. The molecule has 2 heterocycles. The molecule has 2 fully saturated rings. The number of ether oxygens (including phenoxy) is 1. The molecule has 5 rings (SSSR count).